The number of amides is 1. The summed E-state index contributed by atoms with van der Waals surface area (Å²) < 4.78 is 32.8. The van der Waals surface area contributed by atoms with Crippen LogP contribution in [0.15, 0.2) is 88.9 Å². The third kappa shape index (κ3) is 4.50. The number of ether oxygens (including phenoxy) is 1. The van der Waals surface area contributed by atoms with Gasteiger partial charge in [-0.2, -0.15) is 5.10 Å². The van der Waals surface area contributed by atoms with Gasteiger partial charge >= 0.3 is 0 Å². The third-order valence-electron chi connectivity index (χ3n) is 5.26. The summed E-state index contributed by atoms with van der Waals surface area (Å²) in [4.78, 5) is 12.4. The Labute approximate surface area is 187 Å². The first-order valence-corrected chi connectivity index (χ1v) is 11.6. The van der Waals surface area contributed by atoms with Crippen molar-refractivity contribution < 1.29 is 17.9 Å². The lowest BCUT2D eigenvalue weighted by atomic mass is 9.98. The van der Waals surface area contributed by atoms with Gasteiger partial charge in [0.05, 0.1) is 23.8 Å². The molecule has 0 spiro atoms. The highest BCUT2D eigenvalue weighted by Crippen LogP contribution is 2.33. The third-order valence-corrected chi connectivity index (χ3v) is 6.65. The zero-order valence-electron chi connectivity index (χ0n) is 17.7. The van der Waals surface area contributed by atoms with Gasteiger partial charge in [0.1, 0.15) is 5.75 Å². The minimum Gasteiger partial charge on any atom is -0.497 e. The number of rotatable bonds is 6. The molecule has 0 aromatic heterocycles. The molecule has 0 saturated carbocycles. The number of carbonyl (C=O) groups is 1. The Bertz CT molecular complexity index is 1240. The van der Waals surface area contributed by atoms with Crippen LogP contribution >= 0.6 is 0 Å². The first-order valence-electron chi connectivity index (χ1n) is 10.1. The van der Waals surface area contributed by atoms with Gasteiger partial charge in [-0.3, -0.25) is 9.52 Å². The van der Waals surface area contributed by atoms with Crippen molar-refractivity contribution in [1.82, 2.24) is 5.01 Å². The van der Waals surface area contributed by atoms with Crippen LogP contribution in [-0.4, -0.2) is 32.2 Å². The van der Waals surface area contributed by atoms with Crippen molar-refractivity contribution in [3.63, 3.8) is 0 Å². The molecule has 0 bridgehead atoms. The summed E-state index contributed by atoms with van der Waals surface area (Å²) in [6.45, 7) is 1.49. The molecule has 4 rings (SSSR count). The fraction of sp³-hybridized carbons (Fsp3) is 0.167. The van der Waals surface area contributed by atoms with Gasteiger partial charge in [-0.25, -0.2) is 13.4 Å². The van der Waals surface area contributed by atoms with Crippen molar-refractivity contribution in [1.29, 1.82) is 0 Å². The molecule has 8 heteroatoms. The van der Waals surface area contributed by atoms with E-state index in [9.17, 15) is 13.2 Å². The molecule has 3 aromatic rings. The van der Waals surface area contributed by atoms with E-state index in [-0.39, 0.29) is 16.8 Å². The number of nitrogens with one attached hydrogen (secondary N) is 1. The monoisotopic (exact) mass is 449 g/mol. The van der Waals surface area contributed by atoms with Crippen molar-refractivity contribution in [2.24, 2.45) is 5.10 Å². The van der Waals surface area contributed by atoms with E-state index in [1.165, 1.54) is 11.9 Å². The molecule has 7 nitrogen and oxygen atoms in total. The largest absolute Gasteiger partial charge is 0.497 e. The molecule has 0 fully saturated rings. The van der Waals surface area contributed by atoms with E-state index < -0.39 is 10.0 Å². The van der Waals surface area contributed by atoms with Gasteiger partial charge in [0.15, 0.2) is 0 Å². The van der Waals surface area contributed by atoms with Crippen molar-refractivity contribution in [2.75, 3.05) is 11.8 Å². The van der Waals surface area contributed by atoms with Crippen LogP contribution in [0, 0.1) is 0 Å². The van der Waals surface area contributed by atoms with Crippen molar-refractivity contribution >= 4 is 27.3 Å². The normalized spacial score (nSPS) is 15.9. The summed E-state index contributed by atoms with van der Waals surface area (Å²) in [6, 6.07) is 22.6. The summed E-state index contributed by atoms with van der Waals surface area (Å²) in [7, 11) is -2.05. The topological polar surface area (TPSA) is 88.1 Å². The number of hydrazone groups is 1. The summed E-state index contributed by atoms with van der Waals surface area (Å²) >= 11 is 0. The molecule has 1 amide bonds. The second-order valence-corrected chi connectivity index (χ2v) is 9.08. The Morgan fingerprint density at radius 1 is 1.00 bits per heavy atom. The van der Waals surface area contributed by atoms with Crippen LogP contribution < -0.4 is 9.46 Å². The van der Waals surface area contributed by atoms with Gasteiger partial charge in [0, 0.05) is 19.0 Å². The minimum atomic E-state index is -3.66. The standard InChI is InChI=1S/C24H23N3O4S/c1-17(28)27-24(19-10-14-21(31-2)15-11-19)16-23(25-27)18-8-12-20(13-9-18)26-32(29,30)22-6-4-3-5-7-22/h3-15,24,26H,16H2,1-2H3. The van der Waals surface area contributed by atoms with Crippen LogP contribution in [0.1, 0.15) is 30.5 Å². The molecule has 1 heterocycles. The number of sulfonamides is 1. The summed E-state index contributed by atoms with van der Waals surface area (Å²) in [5.41, 5.74) is 3.01. The van der Waals surface area contributed by atoms with Crippen molar-refractivity contribution in [3.05, 3.63) is 90.0 Å². The summed E-state index contributed by atoms with van der Waals surface area (Å²) in [5.74, 6) is 0.601. The maximum Gasteiger partial charge on any atom is 0.261 e. The average molecular weight is 450 g/mol. The molecule has 1 atom stereocenters. The van der Waals surface area contributed by atoms with Gasteiger partial charge in [0.2, 0.25) is 5.91 Å². The predicted octanol–water partition coefficient (Wildman–Crippen LogP) is 4.19. The van der Waals surface area contributed by atoms with E-state index in [0.717, 1.165) is 22.6 Å². The number of methoxy groups -OCH3 is 1. The second-order valence-electron chi connectivity index (χ2n) is 7.40. The van der Waals surface area contributed by atoms with E-state index in [0.29, 0.717) is 12.1 Å². The Balaban J connectivity index is 1.53. The highest BCUT2D eigenvalue weighted by molar-refractivity contribution is 7.92. The molecule has 1 aliphatic heterocycles. The fourth-order valence-electron chi connectivity index (χ4n) is 3.61. The molecule has 32 heavy (non-hydrogen) atoms. The molecule has 0 saturated heterocycles. The molecule has 0 aliphatic carbocycles. The lowest BCUT2D eigenvalue weighted by Crippen LogP contribution is -2.24. The first kappa shape index (κ1) is 21.6. The molecule has 1 aliphatic rings. The Hall–Kier alpha value is -3.65. The van der Waals surface area contributed by atoms with E-state index in [1.807, 2.05) is 24.3 Å². The quantitative estimate of drug-likeness (QED) is 0.611. The van der Waals surface area contributed by atoms with E-state index >= 15 is 0 Å². The van der Waals surface area contributed by atoms with Crippen molar-refractivity contribution in [3.8, 4) is 5.75 Å². The highest BCUT2D eigenvalue weighted by atomic mass is 32.2. The van der Waals surface area contributed by atoms with Crippen molar-refractivity contribution in [2.45, 2.75) is 24.3 Å². The molecule has 3 aromatic carbocycles. The van der Waals surface area contributed by atoms with Crippen LogP contribution in [0.2, 0.25) is 0 Å². The maximum atomic E-state index is 12.5. The molecule has 1 unspecified atom stereocenters. The number of anilines is 1. The van der Waals surface area contributed by atoms with Gasteiger partial charge in [0.25, 0.3) is 10.0 Å². The average Bonchev–Trinajstić information content (AvgIpc) is 3.26. The summed E-state index contributed by atoms with van der Waals surface area (Å²) in [5, 5.41) is 6.03. The van der Waals surface area contributed by atoms with Gasteiger partial charge in [-0.1, -0.05) is 42.5 Å². The number of nitrogens with zero attached hydrogens (tertiary/aromatic N) is 2. The smallest absolute Gasteiger partial charge is 0.261 e. The maximum absolute atomic E-state index is 12.5. The van der Waals surface area contributed by atoms with Gasteiger partial charge in [-0.05, 0) is 47.5 Å². The molecule has 1 N–H and O–H groups in total. The lowest BCUT2D eigenvalue weighted by molar-refractivity contribution is -0.130. The molecular formula is C24H23N3O4S. The van der Waals surface area contributed by atoms with E-state index in [4.69, 9.17) is 4.74 Å². The number of carbonyl (C=O) groups excluding carboxylic acids is 1. The van der Waals surface area contributed by atoms with E-state index in [2.05, 4.69) is 9.82 Å². The zero-order chi connectivity index (χ0) is 22.7. The molecule has 164 valence electrons. The number of hydrogen-bond donors (Lipinski definition) is 1. The summed E-state index contributed by atoms with van der Waals surface area (Å²) in [6.07, 6.45) is 0.557. The minimum absolute atomic E-state index is 0.145. The van der Waals surface area contributed by atoms with Crippen LogP contribution in [0.5, 0.6) is 5.75 Å². The Morgan fingerprint density at radius 3 is 2.25 bits per heavy atom. The number of hydrogen-bond acceptors (Lipinski definition) is 5. The lowest BCUT2D eigenvalue weighted by Gasteiger charge is -2.20. The SMILES string of the molecule is COc1ccc(C2CC(c3ccc(NS(=O)(=O)c4ccccc4)cc3)=NN2C(C)=O)cc1. The number of benzene rings is 3. The predicted molar refractivity (Wildman–Crippen MR) is 123 cm³/mol. The Kier molecular flexibility index (Phi) is 5.96. The molecule has 0 radical (unpaired) electrons. The highest BCUT2D eigenvalue weighted by Gasteiger charge is 2.31. The van der Waals surface area contributed by atoms with Crippen LogP contribution in [0.4, 0.5) is 5.69 Å². The van der Waals surface area contributed by atoms with Crippen LogP contribution in [-0.2, 0) is 14.8 Å². The Morgan fingerprint density at radius 2 is 1.66 bits per heavy atom. The van der Waals surface area contributed by atoms with Gasteiger partial charge in [-0.15, -0.1) is 0 Å². The zero-order valence-corrected chi connectivity index (χ0v) is 18.5. The van der Waals surface area contributed by atoms with Crippen LogP contribution in [0.3, 0.4) is 0 Å². The fourth-order valence-corrected chi connectivity index (χ4v) is 4.68. The van der Waals surface area contributed by atoms with Gasteiger partial charge < -0.3 is 4.74 Å². The molecular weight excluding hydrogens is 426 g/mol. The van der Waals surface area contributed by atoms with E-state index in [1.54, 1.807) is 61.7 Å². The first-order chi connectivity index (χ1) is 15.4. The van der Waals surface area contributed by atoms with Crippen LogP contribution in [0.25, 0.3) is 0 Å². The second kappa shape index (κ2) is 8.84.